The van der Waals surface area contributed by atoms with Crippen LogP contribution in [0.15, 0.2) is 24.3 Å². The molecule has 1 aromatic rings. The van der Waals surface area contributed by atoms with Crippen LogP contribution in [0.2, 0.25) is 0 Å². The van der Waals surface area contributed by atoms with Crippen molar-refractivity contribution in [1.82, 2.24) is 0 Å². The molecule has 1 aliphatic heterocycles. The summed E-state index contributed by atoms with van der Waals surface area (Å²) in [5, 5.41) is 0. The molecule has 1 heterocycles. The van der Waals surface area contributed by atoms with Crippen molar-refractivity contribution in [2.45, 2.75) is 26.3 Å². The number of alkyl halides is 3. The molecule has 0 radical (unpaired) electrons. The summed E-state index contributed by atoms with van der Waals surface area (Å²) >= 11 is 0. The van der Waals surface area contributed by atoms with Crippen LogP contribution in [-0.4, -0.2) is 26.5 Å². The van der Waals surface area contributed by atoms with Gasteiger partial charge >= 0.3 is 21.6 Å². The van der Waals surface area contributed by atoms with Crippen LogP contribution >= 0.6 is 0 Å². The van der Waals surface area contributed by atoms with Crippen LogP contribution in [0.1, 0.15) is 26.3 Å². The number of hydrogen-bond acceptors (Lipinski definition) is 6. The molecule has 0 spiro atoms. The second kappa shape index (κ2) is 6.25. The van der Waals surface area contributed by atoms with Gasteiger partial charge in [0.25, 0.3) is 0 Å². The van der Waals surface area contributed by atoms with Gasteiger partial charge in [-0.1, -0.05) is 0 Å². The first-order valence-electron chi connectivity index (χ1n) is 7.02. The van der Waals surface area contributed by atoms with Crippen molar-refractivity contribution in [3.8, 4) is 11.5 Å². The summed E-state index contributed by atoms with van der Waals surface area (Å²) in [6.07, 6.45) is 1.06. The highest BCUT2D eigenvalue weighted by molar-refractivity contribution is 7.87. The van der Waals surface area contributed by atoms with Gasteiger partial charge in [-0.25, -0.2) is 0 Å². The molecular formula is C15H15F3O6S. The number of carbonyl (C=O) groups is 1. The fraction of sp³-hybridized carbons (Fsp3) is 0.400. The van der Waals surface area contributed by atoms with Gasteiger partial charge in [0.05, 0.1) is 11.0 Å². The molecule has 2 rings (SSSR count). The average molecular weight is 380 g/mol. The Kier molecular flexibility index (Phi) is 4.77. The van der Waals surface area contributed by atoms with Gasteiger partial charge in [0.2, 0.25) is 0 Å². The zero-order valence-electron chi connectivity index (χ0n) is 13.5. The number of rotatable bonds is 3. The van der Waals surface area contributed by atoms with Gasteiger partial charge in [-0.15, -0.1) is 0 Å². The molecule has 0 amide bonds. The fourth-order valence-electron chi connectivity index (χ4n) is 1.71. The summed E-state index contributed by atoms with van der Waals surface area (Å²) in [5.41, 5.74) is -6.31. The smallest absolute Gasteiger partial charge is 0.488 e. The first kappa shape index (κ1) is 19.1. The Labute approximate surface area is 142 Å². The number of hydrogen-bond donors (Lipinski definition) is 0. The minimum absolute atomic E-state index is 0.00497. The van der Waals surface area contributed by atoms with Crippen molar-refractivity contribution >= 4 is 21.8 Å². The van der Waals surface area contributed by atoms with Crippen LogP contribution in [-0.2, 0) is 19.1 Å². The second-order valence-corrected chi connectivity index (χ2v) is 7.70. The third kappa shape index (κ3) is 4.25. The number of esters is 1. The molecule has 138 valence electrons. The van der Waals surface area contributed by atoms with Crippen LogP contribution in [0.25, 0.3) is 5.76 Å². The average Bonchev–Trinajstić information content (AvgIpc) is 2.44. The van der Waals surface area contributed by atoms with E-state index in [0.717, 1.165) is 6.08 Å². The van der Waals surface area contributed by atoms with Gasteiger partial charge in [-0.3, -0.25) is 4.79 Å². The van der Waals surface area contributed by atoms with Gasteiger partial charge < -0.3 is 13.7 Å². The maximum absolute atomic E-state index is 12.5. The normalized spacial score (nSPS) is 14.9. The highest BCUT2D eigenvalue weighted by Crippen LogP contribution is 2.37. The van der Waals surface area contributed by atoms with Crippen LogP contribution in [0, 0.1) is 5.41 Å². The summed E-state index contributed by atoms with van der Waals surface area (Å²) < 4.78 is 74.2. The van der Waals surface area contributed by atoms with Crippen molar-refractivity contribution in [2.75, 3.05) is 6.61 Å². The molecule has 25 heavy (non-hydrogen) atoms. The molecule has 0 atom stereocenters. The molecule has 10 heteroatoms. The largest absolute Gasteiger partial charge is 0.534 e. The standard InChI is InChI=1S/C15H15F3O6S/c1-14(2,3)13(19)23-9-4-5-10-11(6-7-22-12(10)8-9)24-25(20,21)15(16,17)18/h4-6,8H,7H2,1-3H3. The van der Waals surface area contributed by atoms with E-state index < -0.39 is 32.8 Å². The van der Waals surface area contributed by atoms with E-state index >= 15 is 0 Å². The van der Waals surface area contributed by atoms with E-state index in [-0.39, 0.29) is 23.7 Å². The molecule has 0 aromatic heterocycles. The lowest BCUT2D eigenvalue weighted by Crippen LogP contribution is -2.26. The van der Waals surface area contributed by atoms with Gasteiger partial charge in [-0.2, -0.15) is 21.6 Å². The molecule has 1 aliphatic rings. The molecule has 1 aromatic carbocycles. The number of fused-ring (bicyclic) bond motifs is 1. The molecule has 0 saturated carbocycles. The summed E-state index contributed by atoms with van der Waals surface area (Å²) in [6, 6.07) is 3.82. The molecule has 0 saturated heterocycles. The second-order valence-electron chi connectivity index (χ2n) is 6.16. The highest BCUT2D eigenvalue weighted by Gasteiger charge is 2.49. The molecular weight excluding hydrogens is 365 g/mol. The Hall–Kier alpha value is -2.23. The van der Waals surface area contributed by atoms with Crippen molar-refractivity contribution in [2.24, 2.45) is 5.41 Å². The fourth-order valence-corrected chi connectivity index (χ4v) is 2.20. The van der Waals surface area contributed by atoms with E-state index in [9.17, 15) is 26.4 Å². The summed E-state index contributed by atoms with van der Waals surface area (Å²) in [7, 11) is -5.80. The molecule has 0 fully saturated rings. The van der Waals surface area contributed by atoms with E-state index in [2.05, 4.69) is 4.18 Å². The maximum atomic E-state index is 12.5. The Morgan fingerprint density at radius 2 is 1.84 bits per heavy atom. The molecule has 0 bridgehead atoms. The predicted molar refractivity (Wildman–Crippen MR) is 81.1 cm³/mol. The van der Waals surface area contributed by atoms with Crippen molar-refractivity contribution < 1.29 is 40.0 Å². The lowest BCUT2D eigenvalue weighted by molar-refractivity contribution is -0.143. The van der Waals surface area contributed by atoms with Crippen molar-refractivity contribution in [3.05, 3.63) is 29.8 Å². The number of ether oxygens (including phenoxy) is 2. The minimum atomic E-state index is -5.80. The van der Waals surface area contributed by atoms with Crippen molar-refractivity contribution in [1.29, 1.82) is 0 Å². The van der Waals surface area contributed by atoms with E-state index in [1.54, 1.807) is 20.8 Å². The van der Waals surface area contributed by atoms with E-state index in [0.29, 0.717) is 0 Å². The molecule has 6 nitrogen and oxygen atoms in total. The van der Waals surface area contributed by atoms with Crippen LogP contribution in [0.3, 0.4) is 0 Å². The molecule has 0 unspecified atom stereocenters. The minimum Gasteiger partial charge on any atom is -0.488 e. The number of benzene rings is 1. The number of carbonyl (C=O) groups excluding carboxylic acids is 1. The SMILES string of the molecule is CC(C)(C)C(=O)Oc1ccc2c(c1)OCC=C2OS(=O)(=O)C(F)(F)F. The van der Waals surface area contributed by atoms with Crippen LogP contribution < -0.4 is 9.47 Å². The summed E-state index contributed by atoms with van der Waals surface area (Å²) in [5.74, 6) is -0.880. The van der Waals surface area contributed by atoms with Gasteiger partial charge in [-0.05, 0) is 39.0 Å². The Bertz CT molecular complexity index is 819. The van der Waals surface area contributed by atoms with Gasteiger partial charge in [0, 0.05) is 6.07 Å². The topological polar surface area (TPSA) is 78.9 Å². The van der Waals surface area contributed by atoms with E-state index in [4.69, 9.17) is 9.47 Å². The zero-order chi connectivity index (χ0) is 19.0. The molecule has 0 aliphatic carbocycles. The quantitative estimate of drug-likeness (QED) is 0.347. The monoisotopic (exact) mass is 380 g/mol. The van der Waals surface area contributed by atoms with Gasteiger partial charge in [0.1, 0.15) is 18.1 Å². The summed E-state index contributed by atoms with van der Waals surface area (Å²) in [6.45, 7) is 4.76. The molecule has 0 N–H and O–H groups in total. The third-order valence-corrected chi connectivity index (χ3v) is 4.00. The van der Waals surface area contributed by atoms with Crippen LogP contribution in [0.5, 0.6) is 11.5 Å². The predicted octanol–water partition coefficient (Wildman–Crippen LogP) is 3.24. The highest BCUT2D eigenvalue weighted by atomic mass is 32.2. The van der Waals surface area contributed by atoms with Crippen molar-refractivity contribution in [3.63, 3.8) is 0 Å². The Morgan fingerprint density at radius 1 is 1.20 bits per heavy atom. The lowest BCUT2D eigenvalue weighted by Gasteiger charge is -2.21. The Balaban J connectivity index is 2.28. The number of halogens is 3. The van der Waals surface area contributed by atoms with Crippen LogP contribution in [0.4, 0.5) is 13.2 Å². The zero-order valence-corrected chi connectivity index (χ0v) is 14.3. The van der Waals surface area contributed by atoms with E-state index in [1.165, 1.54) is 18.2 Å². The first-order valence-corrected chi connectivity index (χ1v) is 8.42. The lowest BCUT2D eigenvalue weighted by atomic mass is 9.97. The Morgan fingerprint density at radius 3 is 2.40 bits per heavy atom. The maximum Gasteiger partial charge on any atom is 0.534 e. The first-order chi connectivity index (χ1) is 11.3. The summed E-state index contributed by atoms with van der Waals surface area (Å²) in [4.78, 5) is 11.9. The third-order valence-electron chi connectivity index (χ3n) is 3.03. The van der Waals surface area contributed by atoms with Gasteiger partial charge in [0.15, 0.2) is 5.76 Å². The van der Waals surface area contributed by atoms with E-state index in [1.807, 2.05) is 0 Å².